The molecule has 1 saturated carbocycles. The monoisotopic (exact) mass is 406 g/mol. The molecule has 1 heterocycles. The van der Waals surface area contributed by atoms with Crippen LogP contribution in [0.3, 0.4) is 0 Å². The molecule has 0 bridgehead atoms. The summed E-state index contributed by atoms with van der Waals surface area (Å²) < 4.78 is 0. The minimum absolute atomic E-state index is 0.0214. The van der Waals surface area contributed by atoms with Gasteiger partial charge in [0, 0.05) is 16.8 Å². The Morgan fingerprint density at radius 1 is 1.07 bits per heavy atom. The number of nitrogens with one attached hydrogen (secondary N) is 1. The molecule has 1 saturated heterocycles. The lowest BCUT2D eigenvalue weighted by Crippen LogP contribution is -2.54. The smallest absolute Gasteiger partial charge is 0.322 e. The van der Waals surface area contributed by atoms with E-state index in [0.717, 1.165) is 36.9 Å². The summed E-state index contributed by atoms with van der Waals surface area (Å²) in [5.41, 5.74) is 8.64. The van der Waals surface area contributed by atoms with Gasteiger partial charge in [0.25, 0.3) is 0 Å². The number of urea groups is 1. The molecule has 3 amide bonds. The molecule has 2 aromatic carbocycles. The van der Waals surface area contributed by atoms with Gasteiger partial charge in [-0.2, -0.15) is 0 Å². The fraction of sp³-hybridized carbons (Fsp3) is 0.417. The van der Waals surface area contributed by atoms with E-state index in [1.54, 1.807) is 17.0 Å². The maximum absolute atomic E-state index is 12.9. The number of nitrogens with two attached hydrogens (primary N) is 1. The Bertz CT molecular complexity index is 962. The second-order valence-corrected chi connectivity index (χ2v) is 8.95. The third-order valence-electron chi connectivity index (χ3n) is 7.06. The highest BCUT2D eigenvalue weighted by Gasteiger charge is 2.50. The van der Waals surface area contributed by atoms with Gasteiger partial charge >= 0.3 is 6.03 Å². The quantitative estimate of drug-likeness (QED) is 0.817. The standard InChI is InChI=1S/C24H30N4O2/c1-17-9-10-18(21(25)29)15-20(17)28-16-23(26-22(28)30)11-13-24(14-12-23,27(2)3)19-7-5-4-6-8-19/h4-10,15H,11-14,16H2,1-3H3,(H2,25,29)(H,26,30)/t23-,24+. The molecule has 1 aliphatic carbocycles. The summed E-state index contributed by atoms with van der Waals surface area (Å²) in [4.78, 5) is 28.7. The number of nitrogens with zero attached hydrogens (tertiary/aromatic N) is 2. The second kappa shape index (κ2) is 7.43. The summed E-state index contributed by atoms with van der Waals surface area (Å²) >= 11 is 0. The molecular weight excluding hydrogens is 376 g/mol. The van der Waals surface area contributed by atoms with Crippen molar-refractivity contribution in [1.29, 1.82) is 0 Å². The number of primary amides is 1. The molecule has 158 valence electrons. The fourth-order valence-electron chi connectivity index (χ4n) is 5.12. The zero-order valence-corrected chi connectivity index (χ0v) is 17.9. The van der Waals surface area contributed by atoms with Crippen LogP contribution in [0.15, 0.2) is 48.5 Å². The first-order chi connectivity index (χ1) is 14.3. The van der Waals surface area contributed by atoms with Crippen molar-refractivity contribution < 1.29 is 9.59 Å². The highest BCUT2D eigenvalue weighted by atomic mass is 16.2. The normalized spacial score (nSPS) is 26.3. The van der Waals surface area contributed by atoms with E-state index in [1.165, 1.54) is 5.56 Å². The van der Waals surface area contributed by atoms with Gasteiger partial charge in [0.15, 0.2) is 0 Å². The molecule has 6 nitrogen and oxygen atoms in total. The van der Waals surface area contributed by atoms with Crippen molar-refractivity contribution in [2.75, 3.05) is 25.5 Å². The van der Waals surface area contributed by atoms with E-state index in [2.05, 4.69) is 54.6 Å². The first-order valence-electron chi connectivity index (χ1n) is 10.5. The number of anilines is 1. The Morgan fingerprint density at radius 3 is 2.33 bits per heavy atom. The number of rotatable bonds is 4. The number of amides is 3. The minimum Gasteiger partial charge on any atom is -0.366 e. The van der Waals surface area contributed by atoms with Crippen LogP contribution in [-0.4, -0.2) is 43.0 Å². The van der Waals surface area contributed by atoms with Gasteiger partial charge in [0.05, 0.1) is 12.1 Å². The van der Waals surface area contributed by atoms with Crippen molar-refractivity contribution >= 4 is 17.6 Å². The van der Waals surface area contributed by atoms with Crippen LogP contribution in [0.1, 0.15) is 47.2 Å². The molecule has 1 spiro atoms. The molecule has 2 aliphatic rings. The minimum atomic E-state index is -0.484. The molecule has 0 unspecified atom stereocenters. The molecule has 0 aromatic heterocycles. The number of benzene rings is 2. The average molecular weight is 407 g/mol. The summed E-state index contributed by atoms with van der Waals surface area (Å²) in [6.45, 7) is 2.55. The van der Waals surface area contributed by atoms with Gasteiger partial charge in [-0.25, -0.2) is 4.79 Å². The van der Waals surface area contributed by atoms with Crippen LogP contribution in [-0.2, 0) is 5.54 Å². The van der Waals surface area contributed by atoms with Crippen LogP contribution >= 0.6 is 0 Å². The summed E-state index contributed by atoms with van der Waals surface area (Å²) in [7, 11) is 4.28. The highest BCUT2D eigenvalue weighted by Crippen LogP contribution is 2.46. The zero-order chi connectivity index (χ0) is 21.5. The number of carbonyl (C=O) groups is 2. The topological polar surface area (TPSA) is 78.7 Å². The average Bonchev–Trinajstić information content (AvgIpc) is 3.05. The van der Waals surface area contributed by atoms with Gasteiger partial charge in [0.2, 0.25) is 5.91 Å². The lowest BCUT2D eigenvalue weighted by molar-refractivity contribution is 0.0658. The zero-order valence-electron chi connectivity index (χ0n) is 17.9. The molecule has 6 heteroatoms. The van der Waals surface area contributed by atoms with Crippen molar-refractivity contribution in [3.63, 3.8) is 0 Å². The van der Waals surface area contributed by atoms with Crippen LogP contribution in [0.2, 0.25) is 0 Å². The van der Waals surface area contributed by atoms with Crippen LogP contribution in [0.5, 0.6) is 0 Å². The molecule has 4 rings (SSSR count). The molecule has 1 aliphatic heterocycles. The summed E-state index contributed by atoms with van der Waals surface area (Å²) in [5, 5.41) is 3.27. The number of hydrogen-bond acceptors (Lipinski definition) is 3. The van der Waals surface area contributed by atoms with Crippen molar-refractivity contribution in [2.24, 2.45) is 5.73 Å². The molecule has 2 fully saturated rings. The van der Waals surface area contributed by atoms with Crippen molar-refractivity contribution in [3.05, 3.63) is 65.2 Å². The Labute approximate surface area is 178 Å². The third-order valence-corrected chi connectivity index (χ3v) is 7.06. The molecule has 0 atom stereocenters. The van der Waals surface area contributed by atoms with E-state index >= 15 is 0 Å². The van der Waals surface area contributed by atoms with E-state index in [-0.39, 0.29) is 17.1 Å². The molecule has 30 heavy (non-hydrogen) atoms. The van der Waals surface area contributed by atoms with Crippen LogP contribution in [0.4, 0.5) is 10.5 Å². The SMILES string of the molecule is Cc1ccc(C(N)=O)cc1N1C[C@]2(CC[C@](c3ccccc3)(N(C)C)CC2)NC1=O. The van der Waals surface area contributed by atoms with Crippen molar-refractivity contribution in [3.8, 4) is 0 Å². The van der Waals surface area contributed by atoms with Gasteiger partial charge in [-0.15, -0.1) is 0 Å². The molecule has 3 N–H and O–H groups in total. The van der Waals surface area contributed by atoms with E-state index in [1.807, 2.05) is 13.0 Å². The molecule has 2 aromatic rings. The number of aryl methyl sites for hydroxylation is 1. The lowest BCUT2D eigenvalue weighted by atomic mass is 9.69. The van der Waals surface area contributed by atoms with Crippen molar-refractivity contribution in [1.82, 2.24) is 10.2 Å². The van der Waals surface area contributed by atoms with E-state index in [4.69, 9.17) is 5.73 Å². The Kier molecular flexibility index (Phi) is 5.06. The first kappa shape index (κ1) is 20.4. The first-order valence-corrected chi connectivity index (χ1v) is 10.5. The molecular formula is C24H30N4O2. The van der Waals surface area contributed by atoms with Crippen molar-refractivity contribution in [2.45, 2.75) is 43.7 Å². The summed E-state index contributed by atoms with van der Waals surface area (Å²) in [5.74, 6) is -0.484. The van der Waals surface area contributed by atoms with Gasteiger partial charge < -0.3 is 11.1 Å². The predicted octanol–water partition coefficient (Wildman–Crippen LogP) is 3.39. The lowest BCUT2D eigenvalue weighted by Gasteiger charge is -2.48. The Hall–Kier alpha value is -2.86. The van der Waals surface area contributed by atoms with E-state index < -0.39 is 5.91 Å². The largest absolute Gasteiger partial charge is 0.366 e. The maximum Gasteiger partial charge on any atom is 0.322 e. The second-order valence-electron chi connectivity index (χ2n) is 8.95. The highest BCUT2D eigenvalue weighted by molar-refractivity contribution is 5.99. The third kappa shape index (κ3) is 3.35. The summed E-state index contributed by atoms with van der Waals surface area (Å²) in [6, 6.07) is 15.8. The van der Waals surface area contributed by atoms with Gasteiger partial charge in [-0.1, -0.05) is 36.4 Å². The summed E-state index contributed by atoms with van der Waals surface area (Å²) in [6.07, 6.45) is 3.74. The maximum atomic E-state index is 12.9. The van der Waals surface area contributed by atoms with Gasteiger partial charge in [-0.05, 0) is 70.0 Å². The van der Waals surface area contributed by atoms with Crippen LogP contribution in [0.25, 0.3) is 0 Å². The van der Waals surface area contributed by atoms with E-state index in [9.17, 15) is 9.59 Å². The van der Waals surface area contributed by atoms with E-state index in [0.29, 0.717) is 12.1 Å². The van der Waals surface area contributed by atoms with Crippen LogP contribution < -0.4 is 16.0 Å². The molecule has 0 radical (unpaired) electrons. The number of carbonyl (C=O) groups excluding carboxylic acids is 2. The van der Waals surface area contributed by atoms with Crippen LogP contribution in [0, 0.1) is 6.92 Å². The fourth-order valence-corrected chi connectivity index (χ4v) is 5.12. The Morgan fingerprint density at radius 2 is 1.73 bits per heavy atom. The van der Waals surface area contributed by atoms with Gasteiger partial charge in [0.1, 0.15) is 0 Å². The Balaban J connectivity index is 1.58. The predicted molar refractivity (Wildman–Crippen MR) is 119 cm³/mol. The van der Waals surface area contributed by atoms with Gasteiger partial charge in [-0.3, -0.25) is 14.6 Å². The number of hydrogen-bond donors (Lipinski definition) is 2.